The predicted octanol–water partition coefficient (Wildman–Crippen LogP) is 5.26. The molecule has 0 bridgehead atoms. The lowest BCUT2D eigenvalue weighted by Crippen LogP contribution is -2.00. The Bertz CT molecular complexity index is 1000. The number of aliphatic imine (C=N–C) groups is 1. The number of benzene rings is 3. The van der Waals surface area contributed by atoms with Gasteiger partial charge in [-0.2, -0.15) is 0 Å². The van der Waals surface area contributed by atoms with Crippen LogP contribution < -0.4 is 4.74 Å². The van der Waals surface area contributed by atoms with E-state index in [1.54, 1.807) is 54.8 Å². The molecule has 138 valence electrons. The number of nitrogens with zero attached hydrogens (tertiary/aromatic N) is 1. The lowest BCUT2D eigenvalue weighted by Gasteiger charge is -2.01. The normalized spacial score (nSPS) is 11.0. The van der Waals surface area contributed by atoms with Gasteiger partial charge in [0, 0.05) is 18.7 Å². The Morgan fingerprint density at radius 2 is 1.50 bits per heavy atom. The van der Waals surface area contributed by atoms with E-state index in [0.717, 1.165) is 16.8 Å². The van der Waals surface area contributed by atoms with Gasteiger partial charge in [0.1, 0.15) is 5.75 Å². The zero-order valence-electron chi connectivity index (χ0n) is 15.4. The summed E-state index contributed by atoms with van der Waals surface area (Å²) in [7, 11) is 0. The minimum atomic E-state index is -0.352. The summed E-state index contributed by atoms with van der Waals surface area (Å²) in [6, 6.07) is 23.9. The van der Waals surface area contributed by atoms with Gasteiger partial charge < -0.3 is 4.74 Å². The third-order valence-electron chi connectivity index (χ3n) is 3.88. The van der Waals surface area contributed by atoms with Crippen LogP contribution in [0, 0.1) is 0 Å². The molecule has 3 aromatic carbocycles. The summed E-state index contributed by atoms with van der Waals surface area (Å²) in [4.78, 5) is 27.6. The SMILES string of the molecule is CC(=O)Oc1ccc(C=Nc2ccc(C(=O)/C=C/c3ccccc3)cc2)cc1. The smallest absolute Gasteiger partial charge is 0.308 e. The number of allylic oxidation sites excluding steroid dienone is 1. The van der Waals surface area contributed by atoms with E-state index in [2.05, 4.69) is 4.99 Å². The molecule has 0 N–H and O–H groups in total. The van der Waals surface area contributed by atoms with Gasteiger partial charge in [-0.15, -0.1) is 0 Å². The maximum absolute atomic E-state index is 12.3. The van der Waals surface area contributed by atoms with E-state index < -0.39 is 0 Å². The minimum Gasteiger partial charge on any atom is -0.427 e. The highest BCUT2D eigenvalue weighted by atomic mass is 16.5. The van der Waals surface area contributed by atoms with Crippen LogP contribution in [0.25, 0.3) is 6.08 Å². The van der Waals surface area contributed by atoms with Crippen LogP contribution in [0.3, 0.4) is 0 Å². The first-order valence-corrected chi connectivity index (χ1v) is 8.80. The van der Waals surface area contributed by atoms with Gasteiger partial charge in [-0.1, -0.05) is 36.4 Å². The van der Waals surface area contributed by atoms with Gasteiger partial charge in [-0.05, 0) is 65.7 Å². The maximum Gasteiger partial charge on any atom is 0.308 e. The molecule has 28 heavy (non-hydrogen) atoms. The fourth-order valence-electron chi connectivity index (χ4n) is 2.48. The van der Waals surface area contributed by atoms with E-state index in [1.807, 2.05) is 42.5 Å². The minimum absolute atomic E-state index is 0.0551. The van der Waals surface area contributed by atoms with E-state index in [1.165, 1.54) is 6.92 Å². The Morgan fingerprint density at radius 3 is 2.14 bits per heavy atom. The molecule has 0 aliphatic carbocycles. The van der Waals surface area contributed by atoms with Crippen molar-refractivity contribution in [2.24, 2.45) is 4.99 Å². The molecule has 0 radical (unpaired) electrons. The van der Waals surface area contributed by atoms with E-state index in [4.69, 9.17) is 4.74 Å². The van der Waals surface area contributed by atoms with Crippen molar-refractivity contribution >= 4 is 29.7 Å². The van der Waals surface area contributed by atoms with E-state index in [9.17, 15) is 9.59 Å². The summed E-state index contributed by atoms with van der Waals surface area (Å²) in [5, 5.41) is 0. The monoisotopic (exact) mass is 369 g/mol. The van der Waals surface area contributed by atoms with Gasteiger partial charge in [0.05, 0.1) is 5.69 Å². The van der Waals surface area contributed by atoms with Crippen LogP contribution in [0.5, 0.6) is 5.75 Å². The Morgan fingerprint density at radius 1 is 0.821 bits per heavy atom. The maximum atomic E-state index is 12.3. The molecule has 4 heteroatoms. The Hall–Kier alpha value is -3.79. The standard InChI is InChI=1S/C24H19NO3/c1-18(26)28-23-14-7-20(8-15-23)17-25-22-12-10-21(11-13-22)24(27)16-9-19-5-3-2-4-6-19/h2-17H,1H3/b16-9+,25-17?. The summed E-state index contributed by atoms with van der Waals surface area (Å²) in [6.07, 6.45) is 5.08. The van der Waals surface area contributed by atoms with Crippen molar-refractivity contribution < 1.29 is 14.3 Å². The molecular formula is C24H19NO3. The molecule has 0 heterocycles. The van der Waals surface area contributed by atoms with Crippen molar-refractivity contribution in [2.75, 3.05) is 0 Å². The fraction of sp³-hybridized carbons (Fsp3) is 0.0417. The van der Waals surface area contributed by atoms with Gasteiger partial charge in [0.25, 0.3) is 0 Å². The van der Waals surface area contributed by atoms with Gasteiger partial charge >= 0.3 is 5.97 Å². The third-order valence-corrected chi connectivity index (χ3v) is 3.88. The Labute approximate surface area is 163 Å². The van der Waals surface area contributed by atoms with Crippen molar-refractivity contribution in [3.63, 3.8) is 0 Å². The highest BCUT2D eigenvalue weighted by Gasteiger charge is 2.01. The van der Waals surface area contributed by atoms with Crippen molar-refractivity contribution in [3.05, 3.63) is 102 Å². The topological polar surface area (TPSA) is 55.7 Å². The van der Waals surface area contributed by atoms with Crippen LogP contribution in [-0.4, -0.2) is 18.0 Å². The van der Waals surface area contributed by atoms with Gasteiger partial charge in [-0.25, -0.2) is 0 Å². The first-order chi connectivity index (χ1) is 13.6. The lowest BCUT2D eigenvalue weighted by molar-refractivity contribution is -0.131. The molecule has 0 spiro atoms. The predicted molar refractivity (Wildman–Crippen MR) is 111 cm³/mol. The molecule has 3 aromatic rings. The first kappa shape index (κ1) is 19.0. The number of ether oxygens (including phenoxy) is 1. The zero-order chi connectivity index (χ0) is 19.8. The first-order valence-electron chi connectivity index (χ1n) is 8.80. The van der Waals surface area contributed by atoms with Crippen molar-refractivity contribution in [2.45, 2.75) is 6.92 Å². The van der Waals surface area contributed by atoms with Gasteiger partial charge in [-0.3, -0.25) is 14.6 Å². The van der Waals surface area contributed by atoms with Crippen LogP contribution in [0.1, 0.15) is 28.4 Å². The van der Waals surface area contributed by atoms with Crippen LogP contribution in [0.15, 0.2) is 89.9 Å². The largest absolute Gasteiger partial charge is 0.427 e. The highest BCUT2D eigenvalue weighted by Crippen LogP contribution is 2.16. The Balaban J connectivity index is 1.62. The summed E-state index contributed by atoms with van der Waals surface area (Å²) in [5.74, 6) is 0.0891. The quantitative estimate of drug-likeness (QED) is 0.196. The lowest BCUT2D eigenvalue weighted by atomic mass is 10.1. The molecule has 0 atom stereocenters. The molecule has 0 aromatic heterocycles. The molecule has 0 aliphatic heterocycles. The average molecular weight is 369 g/mol. The zero-order valence-corrected chi connectivity index (χ0v) is 15.4. The van der Waals surface area contributed by atoms with E-state index in [0.29, 0.717) is 11.3 Å². The molecule has 0 saturated carbocycles. The molecule has 3 rings (SSSR count). The molecule has 0 fully saturated rings. The number of rotatable bonds is 6. The summed E-state index contributed by atoms with van der Waals surface area (Å²) in [5.41, 5.74) is 3.21. The third kappa shape index (κ3) is 5.61. The molecule has 0 saturated heterocycles. The van der Waals surface area contributed by atoms with Crippen molar-refractivity contribution in [1.82, 2.24) is 0 Å². The number of esters is 1. The second kappa shape index (κ2) is 9.24. The van der Waals surface area contributed by atoms with Crippen LogP contribution in [-0.2, 0) is 4.79 Å². The molecule has 0 unspecified atom stereocenters. The van der Waals surface area contributed by atoms with Crippen molar-refractivity contribution in [3.8, 4) is 5.75 Å². The summed E-state index contributed by atoms with van der Waals surface area (Å²) in [6.45, 7) is 1.36. The summed E-state index contributed by atoms with van der Waals surface area (Å²) >= 11 is 0. The Kier molecular flexibility index (Phi) is 6.26. The number of ketones is 1. The number of hydrogen-bond donors (Lipinski definition) is 0. The summed E-state index contributed by atoms with van der Waals surface area (Å²) < 4.78 is 4.99. The van der Waals surface area contributed by atoms with Crippen LogP contribution >= 0.6 is 0 Å². The number of hydrogen-bond acceptors (Lipinski definition) is 4. The number of carbonyl (C=O) groups excluding carboxylic acids is 2. The van der Waals surface area contributed by atoms with E-state index in [-0.39, 0.29) is 11.8 Å². The molecule has 4 nitrogen and oxygen atoms in total. The van der Waals surface area contributed by atoms with Gasteiger partial charge in [0.15, 0.2) is 5.78 Å². The van der Waals surface area contributed by atoms with E-state index >= 15 is 0 Å². The second-order valence-electron chi connectivity index (χ2n) is 6.08. The molecular weight excluding hydrogens is 350 g/mol. The second-order valence-corrected chi connectivity index (χ2v) is 6.08. The fourth-order valence-corrected chi connectivity index (χ4v) is 2.48. The van der Waals surface area contributed by atoms with Gasteiger partial charge in [0.2, 0.25) is 0 Å². The van der Waals surface area contributed by atoms with Crippen molar-refractivity contribution in [1.29, 1.82) is 0 Å². The van der Waals surface area contributed by atoms with Crippen LogP contribution in [0.2, 0.25) is 0 Å². The molecule has 0 aliphatic rings. The molecule has 0 amide bonds. The average Bonchev–Trinajstić information content (AvgIpc) is 2.72. The number of carbonyl (C=O) groups is 2. The van der Waals surface area contributed by atoms with Crippen LogP contribution in [0.4, 0.5) is 5.69 Å². The highest BCUT2D eigenvalue weighted by molar-refractivity contribution is 6.07.